The van der Waals surface area contributed by atoms with E-state index in [4.69, 9.17) is 0 Å². The van der Waals surface area contributed by atoms with Crippen molar-refractivity contribution in [2.24, 2.45) is 11.8 Å². The van der Waals surface area contributed by atoms with Crippen LogP contribution < -0.4 is 0 Å². The summed E-state index contributed by atoms with van der Waals surface area (Å²) in [7, 11) is 0. The SMILES string of the molecule is CCCCC1=CC(C)C1C. The fraction of sp³-hybridized carbons (Fsp3) is 0.800. The van der Waals surface area contributed by atoms with Gasteiger partial charge in [0, 0.05) is 0 Å². The summed E-state index contributed by atoms with van der Waals surface area (Å²) in [4.78, 5) is 0. The Morgan fingerprint density at radius 2 is 2.10 bits per heavy atom. The van der Waals surface area contributed by atoms with Crippen LogP contribution in [0.4, 0.5) is 0 Å². The van der Waals surface area contributed by atoms with E-state index in [2.05, 4.69) is 26.8 Å². The van der Waals surface area contributed by atoms with Crippen molar-refractivity contribution in [3.8, 4) is 0 Å². The normalized spacial score (nSPS) is 31.3. The predicted molar refractivity (Wildman–Crippen MR) is 45.9 cm³/mol. The molecule has 1 aliphatic rings. The third kappa shape index (κ3) is 1.42. The van der Waals surface area contributed by atoms with Crippen molar-refractivity contribution in [3.63, 3.8) is 0 Å². The van der Waals surface area contributed by atoms with Gasteiger partial charge in [0.25, 0.3) is 0 Å². The zero-order valence-corrected chi connectivity index (χ0v) is 7.35. The highest BCUT2D eigenvalue weighted by molar-refractivity contribution is 5.19. The van der Waals surface area contributed by atoms with E-state index in [0.29, 0.717) is 0 Å². The van der Waals surface area contributed by atoms with Crippen LogP contribution in [0.3, 0.4) is 0 Å². The molecular formula is C10H18. The monoisotopic (exact) mass is 138 g/mol. The molecule has 1 aliphatic carbocycles. The van der Waals surface area contributed by atoms with E-state index in [9.17, 15) is 0 Å². The minimum Gasteiger partial charge on any atom is -0.0816 e. The molecule has 0 bridgehead atoms. The Balaban J connectivity index is 2.25. The largest absolute Gasteiger partial charge is 0.0816 e. The van der Waals surface area contributed by atoms with Gasteiger partial charge in [-0.05, 0) is 24.7 Å². The van der Waals surface area contributed by atoms with Gasteiger partial charge in [0.2, 0.25) is 0 Å². The number of rotatable bonds is 3. The Morgan fingerprint density at radius 3 is 2.50 bits per heavy atom. The molecule has 0 nitrogen and oxygen atoms in total. The summed E-state index contributed by atoms with van der Waals surface area (Å²) < 4.78 is 0. The first-order valence-corrected chi connectivity index (χ1v) is 4.46. The standard InChI is InChI=1S/C10H18/c1-4-5-6-10-7-8(2)9(10)3/h7-9H,4-6H2,1-3H3. The van der Waals surface area contributed by atoms with Crippen LogP contribution in [0.15, 0.2) is 11.6 Å². The smallest absolute Gasteiger partial charge is 0.0171 e. The van der Waals surface area contributed by atoms with Crippen LogP contribution >= 0.6 is 0 Å². The predicted octanol–water partition coefficient (Wildman–Crippen LogP) is 3.39. The highest BCUT2D eigenvalue weighted by Crippen LogP contribution is 2.35. The summed E-state index contributed by atoms with van der Waals surface area (Å²) >= 11 is 0. The average molecular weight is 138 g/mol. The lowest BCUT2D eigenvalue weighted by atomic mass is 9.75. The number of hydrogen-bond donors (Lipinski definition) is 0. The van der Waals surface area contributed by atoms with E-state index in [0.717, 1.165) is 11.8 Å². The van der Waals surface area contributed by atoms with Crippen molar-refractivity contribution in [1.82, 2.24) is 0 Å². The highest BCUT2D eigenvalue weighted by Gasteiger charge is 2.22. The maximum Gasteiger partial charge on any atom is -0.0171 e. The zero-order valence-electron chi connectivity index (χ0n) is 7.35. The van der Waals surface area contributed by atoms with E-state index in [1.165, 1.54) is 19.3 Å². The summed E-state index contributed by atoms with van der Waals surface area (Å²) in [5.74, 6) is 1.73. The maximum absolute atomic E-state index is 2.43. The van der Waals surface area contributed by atoms with Crippen molar-refractivity contribution >= 4 is 0 Å². The summed E-state index contributed by atoms with van der Waals surface area (Å²) in [5.41, 5.74) is 1.70. The van der Waals surface area contributed by atoms with Gasteiger partial charge in [-0.15, -0.1) is 0 Å². The first-order valence-electron chi connectivity index (χ1n) is 4.46. The summed E-state index contributed by atoms with van der Waals surface area (Å²) in [6.45, 7) is 6.91. The molecule has 0 saturated carbocycles. The van der Waals surface area contributed by atoms with Crippen LogP contribution in [0.1, 0.15) is 40.0 Å². The van der Waals surface area contributed by atoms with E-state index >= 15 is 0 Å². The van der Waals surface area contributed by atoms with Crippen LogP contribution in [-0.4, -0.2) is 0 Å². The topological polar surface area (TPSA) is 0 Å². The number of unbranched alkanes of at least 4 members (excludes halogenated alkanes) is 1. The molecule has 0 radical (unpaired) electrons. The molecule has 0 aliphatic heterocycles. The van der Waals surface area contributed by atoms with Gasteiger partial charge in [0.1, 0.15) is 0 Å². The molecule has 58 valence electrons. The third-order valence-electron chi connectivity index (χ3n) is 2.67. The van der Waals surface area contributed by atoms with Crippen LogP contribution in [0, 0.1) is 11.8 Å². The molecule has 0 aromatic heterocycles. The number of hydrogen-bond acceptors (Lipinski definition) is 0. The fourth-order valence-corrected chi connectivity index (χ4v) is 1.54. The Morgan fingerprint density at radius 1 is 1.40 bits per heavy atom. The quantitative estimate of drug-likeness (QED) is 0.524. The fourth-order valence-electron chi connectivity index (χ4n) is 1.54. The Kier molecular flexibility index (Phi) is 2.53. The molecule has 0 fully saturated rings. The molecule has 0 saturated heterocycles. The Labute approximate surface area is 64.3 Å². The second-order valence-corrected chi connectivity index (χ2v) is 3.49. The van der Waals surface area contributed by atoms with E-state index in [-0.39, 0.29) is 0 Å². The molecule has 0 aromatic carbocycles. The molecule has 0 amide bonds. The van der Waals surface area contributed by atoms with Gasteiger partial charge >= 0.3 is 0 Å². The van der Waals surface area contributed by atoms with Crippen molar-refractivity contribution in [3.05, 3.63) is 11.6 Å². The lowest BCUT2D eigenvalue weighted by Gasteiger charge is -2.30. The van der Waals surface area contributed by atoms with E-state index in [1.807, 2.05) is 0 Å². The Bertz CT molecular complexity index is 133. The lowest BCUT2D eigenvalue weighted by Crippen LogP contribution is -2.19. The maximum atomic E-state index is 2.43. The molecule has 1 rings (SSSR count). The molecule has 10 heavy (non-hydrogen) atoms. The Hall–Kier alpha value is -0.260. The molecule has 2 unspecified atom stereocenters. The average Bonchev–Trinajstić information content (AvgIpc) is 1.97. The first-order chi connectivity index (χ1) is 4.75. The minimum atomic E-state index is 0.854. The van der Waals surface area contributed by atoms with E-state index < -0.39 is 0 Å². The van der Waals surface area contributed by atoms with Crippen molar-refractivity contribution in [2.75, 3.05) is 0 Å². The minimum absolute atomic E-state index is 0.854. The molecule has 2 atom stereocenters. The van der Waals surface area contributed by atoms with E-state index in [1.54, 1.807) is 5.57 Å². The zero-order chi connectivity index (χ0) is 7.56. The lowest BCUT2D eigenvalue weighted by molar-refractivity contribution is 0.439. The molecular weight excluding hydrogens is 120 g/mol. The van der Waals surface area contributed by atoms with Crippen molar-refractivity contribution < 1.29 is 0 Å². The summed E-state index contributed by atoms with van der Waals surface area (Å²) in [6.07, 6.45) is 6.49. The molecule has 0 heteroatoms. The highest BCUT2D eigenvalue weighted by atomic mass is 14.3. The second-order valence-electron chi connectivity index (χ2n) is 3.49. The van der Waals surface area contributed by atoms with Crippen LogP contribution in [0.2, 0.25) is 0 Å². The number of allylic oxidation sites excluding steroid dienone is 2. The second kappa shape index (κ2) is 3.23. The first kappa shape index (κ1) is 7.84. The van der Waals surface area contributed by atoms with Crippen molar-refractivity contribution in [1.29, 1.82) is 0 Å². The molecule has 0 spiro atoms. The van der Waals surface area contributed by atoms with Gasteiger partial charge in [0.15, 0.2) is 0 Å². The molecule has 0 heterocycles. The molecule has 0 N–H and O–H groups in total. The van der Waals surface area contributed by atoms with Crippen LogP contribution in [0.25, 0.3) is 0 Å². The van der Waals surface area contributed by atoms with Crippen LogP contribution in [0.5, 0.6) is 0 Å². The van der Waals surface area contributed by atoms with Crippen molar-refractivity contribution in [2.45, 2.75) is 40.0 Å². The van der Waals surface area contributed by atoms with Gasteiger partial charge in [0.05, 0.1) is 0 Å². The van der Waals surface area contributed by atoms with Gasteiger partial charge < -0.3 is 0 Å². The summed E-state index contributed by atoms with van der Waals surface area (Å²) in [5, 5.41) is 0. The van der Waals surface area contributed by atoms with Gasteiger partial charge in [-0.3, -0.25) is 0 Å². The van der Waals surface area contributed by atoms with Gasteiger partial charge in [-0.2, -0.15) is 0 Å². The third-order valence-corrected chi connectivity index (χ3v) is 2.67. The van der Waals surface area contributed by atoms with Gasteiger partial charge in [-0.1, -0.05) is 38.8 Å². The van der Waals surface area contributed by atoms with Crippen LogP contribution in [-0.2, 0) is 0 Å². The molecule has 0 aromatic rings. The van der Waals surface area contributed by atoms with Gasteiger partial charge in [-0.25, -0.2) is 0 Å². The summed E-state index contributed by atoms with van der Waals surface area (Å²) in [6, 6.07) is 0.